The second kappa shape index (κ2) is 11.7. The van der Waals surface area contributed by atoms with Crippen LogP contribution in [0.4, 0.5) is 11.5 Å². The zero-order chi connectivity index (χ0) is 21.1. The molecule has 0 atom stereocenters. The van der Waals surface area contributed by atoms with Gasteiger partial charge < -0.3 is 5.32 Å². The number of anilines is 2. The van der Waals surface area contributed by atoms with E-state index in [1.807, 2.05) is 46.8 Å². The van der Waals surface area contributed by atoms with Crippen molar-refractivity contribution in [3.05, 3.63) is 58.9 Å². The summed E-state index contributed by atoms with van der Waals surface area (Å²) in [4.78, 5) is 9.18. The molecule has 0 aliphatic heterocycles. The molecule has 3 rings (SSSR count). The Morgan fingerprint density at radius 1 is 0.929 bits per heavy atom. The molecule has 0 radical (unpaired) electrons. The molecule has 0 unspecified atom stereocenters. The fourth-order valence-electron chi connectivity index (χ4n) is 2.81. The Morgan fingerprint density at radius 2 is 1.64 bits per heavy atom. The SMILES string of the molecule is CC.CC.CCc1cc(CC)c2ccc(Nc3ccc(C#N)c(C)n3)cc2n1. The van der Waals surface area contributed by atoms with Crippen molar-refractivity contribution in [1.82, 2.24) is 9.97 Å². The molecule has 2 heterocycles. The molecule has 0 saturated carbocycles. The topological polar surface area (TPSA) is 61.6 Å². The second-order valence-electron chi connectivity index (χ2n) is 5.78. The van der Waals surface area contributed by atoms with Crippen LogP contribution in [0.15, 0.2) is 36.4 Å². The van der Waals surface area contributed by atoms with E-state index in [2.05, 4.69) is 48.4 Å². The van der Waals surface area contributed by atoms with Gasteiger partial charge >= 0.3 is 0 Å². The molecule has 0 bridgehead atoms. The molecule has 1 N–H and O–H groups in total. The van der Waals surface area contributed by atoms with Gasteiger partial charge in [0.2, 0.25) is 0 Å². The Labute approximate surface area is 169 Å². The van der Waals surface area contributed by atoms with Crippen LogP contribution in [0.2, 0.25) is 0 Å². The molecule has 28 heavy (non-hydrogen) atoms. The zero-order valence-corrected chi connectivity index (χ0v) is 18.2. The van der Waals surface area contributed by atoms with E-state index in [0.29, 0.717) is 5.56 Å². The molecule has 0 aliphatic rings. The van der Waals surface area contributed by atoms with Gasteiger partial charge in [-0.2, -0.15) is 5.26 Å². The van der Waals surface area contributed by atoms with E-state index in [-0.39, 0.29) is 0 Å². The first-order chi connectivity index (χ1) is 13.6. The highest BCUT2D eigenvalue weighted by Crippen LogP contribution is 2.25. The van der Waals surface area contributed by atoms with Gasteiger partial charge in [0.25, 0.3) is 0 Å². The molecule has 0 fully saturated rings. The van der Waals surface area contributed by atoms with Crippen LogP contribution >= 0.6 is 0 Å². The molecule has 0 saturated heterocycles. The number of pyridine rings is 2. The lowest BCUT2D eigenvalue weighted by Gasteiger charge is -2.11. The Balaban J connectivity index is 0.000000921. The summed E-state index contributed by atoms with van der Waals surface area (Å²) in [5.41, 5.74) is 5.71. The van der Waals surface area contributed by atoms with E-state index in [4.69, 9.17) is 10.2 Å². The highest BCUT2D eigenvalue weighted by Gasteiger charge is 2.06. The Kier molecular flexibility index (Phi) is 9.67. The first-order valence-corrected chi connectivity index (χ1v) is 10.2. The quantitative estimate of drug-likeness (QED) is 0.548. The average Bonchev–Trinajstić information content (AvgIpc) is 2.75. The maximum atomic E-state index is 9.00. The summed E-state index contributed by atoms with van der Waals surface area (Å²) >= 11 is 0. The maximum Gasteiger partial charge on any atom is 0.130 e. The first-order valence-electron chi connectivity index (χ1n) is 10.2. The predicted molar refractivity (Wildman–Crippen MR) is 120 cm³/mol. The van der Waals surface area contributed by atoms with Gasteiger partial charge in [-0.05, 0) is 55.7 Å². The number of fused-ring (bicyclic) bond motifs is 1. The van der Waals surface area contributed by atoms with Crippen molar-refractivity contribution >= 4 is 22.4 Å². The number of hydrogen-bond donors (Lipinski definition) is 1. The molecule has 148 valence electrons. The summed E-state index contributed by atoms with van der Waals surface area (Å²) in [6.07, 6.45) is 1.92. The van der Waals surface area contributed by atoms with Gasteiger partial charge in [-0.15, -0.1) is 0 Å². The summed E-state index contributed by atoms with van der Waals surface area (Å²) < 4.78 is 0. The number of nitrogens with zero attached hydrogens (tertiary/aromatic N) is 3. The van der Waals surface area contributed by atoms with Gasteiger partial charge in [0.1, 0.15) is 11.9 Å². The minimum absolute atomic E-state index is 0.598. The van der Waals surface area contributed by atoms with Gasteiger partial charge in [-0.3, -0.25) is 4.98 Å². The van der Waals surface area contributed by atoms with Gasteiger partial charge in [-0.25, -0.2) is 4.98 Å². The van der Waals surface area contributed by atoms with Crippen LogP contribution in [-0.2, 0) is 12.8 Å². The van der Waals surface area contributed by atoms with Crippen LogP contribution in [0.25, 0.3) is 10.9 Å². The third-order valence-corrected chi connectivity index (χ3v) is 4.17. The standard InChI is InChI=1S/C20H20N4.2C2H6/c1-4-14-10-16(5-2)23-19-11-17(7-8-18(14)19)24-20-9-6-15(12-21)13(3)22-20;2*1-2/h6-11H,4-5H2,1-3H3,(H,22,24);2*1-2H3. The minimum atomic E-state index is 0.598. The Morgan fingerprint density at radius 3 is 2.21 bits per heavy atom. The summed E-state index contributed by atoms with van der Waals surface area (Å²) in [6, 6.07) is 14.2. The molecule has 4 heteroatoms. The fourth-order valence-corrected chi connectivity index (χ4v) is 2.81. The number of aromatic nitrogens is 2. The van der Waals surface area contributed by atoms with E-state index in [1.54, 1.807) is 6.07 Å². The van der Waals surface area contributed by atoms with Crippen LogP contribution in [0.3, 0.4) is 0 Å². The largest absolute Gasteiger partial charge is 0.340 e. The summed E-state index contributed by atoms with van der Waals surface area (Å²) in [5, 5.41) is 13.5. The van der Waals surface area contributed by atoms with Crippen molar-refractivity contribution in [2.45, 2.75) is 61.3 Å². The average molecular weight is 377 g/mol. The van der Waals surface area contributed by atoms with Crippen molar-refractivity contribution in [3.63, 3.8) is 0 Å². The highest BCUT2D eigenvalue weighted by atomic mass is 15.0. The third-order valence-electron chi connectivity index (χ3n) is 4.17. The number of aryl methyl sites for hydroxylation is 3. The monoisotopic (exact) mass is 376 g/mol. The molecular formula is C24H32N4. The van der Waals surface area contributed by atoms with Gasteiger partial charge in [0.05, 0.1) is 16.8 Å². The molecule has 3 aromatic rings. The smallest absolute Gasteiger partial charge is 0.130 e. The Bertz CT molecular complexity index is 939. The minimum Gasteiger partial charge on any atom is -0.340 e. The summed E-state index contributed by atoms with van der Waals surface area (Å²) in [6.45, 7) is 14.1. The van der Waals surface area contributed by atoms with E-state index in [9.17, 15) is 0 Å². The van der Waals surface area contributed by atoms with Gasteiger partial charge in [0, 0.05) is 16.8 Å². The second-order valence-corrected chi connectivity index (χ2v) is 5.78. The van der Waals surface area contributed by atoms with Crippen LogP contribution in [0.1, 0.15) is 64.1 Å². The lowest BCUT2D eigenvalue weighted by molar-refractivity contribution is 1.03. The number of nitrogens with one attached hydrogen (secondary N) is 1. The molecule has 1 aromatic carbocycles. The van der Waals surface area contributed by atoms with E-state index in [0.717, 1.165) is 41.3 Å². The molecular weight excluding hydrogens is 344 g/mol. The Hall–Kier alpha value is -2.93. The molecule has 2 aromatic heterocycles. The van der Waals surface area contributed by atoms with E-state index < -0.39 is 0 Å². The maximum absolute atomic E-state index is 9.00. The zero-order valence-electron chi connectivity index (χ0n) is 18.2. The van der Waals surface area contributed by atoms with E-state index >= 15 is 0 Å². The number of rotatable bonds is 4. The fraction of sp³-hybridized carbons (Fsp3) is 0.375. The highest BCUT2D eigenvalue weighted by molar-refractivity contribution is 5.86. The normalized spacial score (nSPS) is 9.50. The molecule has 0 amide bonds. The van der Waals surface area contributed by atoms with Crippen molar-refractivity contribution in [2.75, 3.05) is 5.32 Å². The van der Waals surface area contributed by atoms with Crippen LogP contribution in [0, 0.1) is 18.3 Å². The first kappa shape index (κ1) is 23.1. The van der Waals surface area contributed by atoms with Crippen molar-refractivity contribution < 1.29 is 0 Å². The lowest BCUT2D eigenvalue weighted by atomic mass is 10.0. The molecule has 0 aliphatic carbocycles. The van der Waals surface area contributed by atoms with Crippen molar-refractivity contribution in [1.29, 1.82) is 5.26 Å². The lowest BCUT2D eigenvalue weighted by Crippen LogP contribution is -1.98. The number of benzene rings is 1. The summed E-state index contributed by atoms with van der Waals surface area (Å²) in [5.74, 6) is 0.730. The van der Waals surface area contributed by atoms with Crippen molar-refractivity contribution in [2.24, 2.45) is 0 Å². The van der Waals surface area contributed by atoms with E-state index in [1.165, 1.54) is 10.9 Å². The number of nitriles is 1. The predicted octanol–water partition coefficient (Wildman–Crippen LogP) is 6.73. The van der Waals surface area contributed by atoms with Crippen LogP contribution in [-0.4, -0.2) is 9.97 Å². The van der Waals surface area contributed by atoms with Crippen LogP contribution < -0.4 is 5.32 Å². The van der Waals surface area contributed by atoms with Gasteiger partial charge in [-0.1, -0.05) is 47.6 Å². The third kappa shape index (κ3) is 5.53. The van der Waals surface area contributed by atoms with Crippen molar-refractivity contribution in [3.8, 4) is 6.07 Å². The molecule has 0 spiro atoms. The number of hydrogen-bond acceptors (Lipinski definition) is 4. The van der Waals surface area contributed by atoms with Gasteiger partial charge in [0.15, 0.2) is 0 Å². The molecule has 4 nitrogen and oxygen atoms in total. The summed E-state index contributed by atoms with van der Waals surface area (Å²) in [7, 11) is 0. The van der Waals surface area contributed by atoms with Crippen LogP contribution in [0.5, 0.6) is 0 Å².